The molecule has 0 saturated heterocycles. The van der Waals surface area contributed by atoms with Crippen molar-refractivity contribution in [1.82, 2.24) is 0 Å². The van der Waals surface area contributed by atoms with Crippen molar-refractivity contribution in [3.63, 3.8) is 0 Å². The molecule has 1 heterocycles. The second-order valence-corrected chi connectivity index (χ2v) is 3.17. The first-order valence-corrected chi connectivity index (χ1v) is 4.57. The van der Waals surface area contributed by atoms with Crippen LogP contribution in [0.2, 0.25) is 0 Å². The highest BCUT2D eigenvalue weighted by atomic mass is 16.7. The first kappa shape index (κ1) is 10.7. The molecule has 1 amide bonds. The molecule has 1 aromatic rings. The van der Waals surface area contributed by atoms with E-state index in [0.717, 1.165) is 0 Å². The summed E-state index contributed by atoms with van der Waals surface area (Å²) < 4.78 is 15.0. The van der Waals surface area contributed by atoms with Crippen molar-refractivity contribution in [3.05, 3.63) is 18.2 Å². The Morgan fingerprint density at radius 1 is 1.44 bits per heavy atom. The zero-order chi connectivity index (χ0) is 11.7. The van der Waals surface area contributed by atoms with Crippen LogP contribution in [0, 0.1) is 0 Å². The molecule has 0 radical (unpaired) electrons. The number of fused-ring (bicyclic) bond motifs is 1. The van der Waals surface area contributed by atoms with Crippen LogP contribution in [-0.2, 0) is 9.53 Å². The summed E-state index contributed by atoms with van der Waals surface area (Å²) in [6, 6.07) is 4.71. The Kier molecular flexibility index (Phi) is 2.67. The van der Waals surface area contributed by atoms with Crippen molar-refractivity contribution in [1.29, 1.82) is 0 Å². The second kappa shape index (κ2) is 3.99. The summed E-state index contributed by atoms with van der Waals surface area (Å²) in [6.07, 6.45) is -1.13. The molecule has 0 unspecified atom stereocenters. The number of carbonyl (C=O) groups is 1. The minimum atomic E-state index is -1.13. The fourth-order valence-corrected chi connectivity index (χ4v) is 1.42. The van der Waals surface area contributed by atoms with Crippen LogP contribution < -0.4 is 14.5 Å². The topological polar surface area (TPSA) is 68.2 Å². The number of carbonyl (C=O) groups excluding carboxylic acids is 1. The molecule has 2 rings (SSSR count). The van der Waals surface area contributed by atoms with E-state index >= 15 is 0 Å². The van der Waals surface area contributed by atoms with Gasteiger partial charge in [-0.1, -0.05) is 0 Å². The van der Waals surface area contributed by atoms with Crippen LogP contribution in [0.15, 0.2) is 18.2 Å². The zero-order valence-corrected chi connectivity index (χ0v) is 8.84. The van der Waals surface area contributed by atoms with E-state index in [1.165, 1.54) is 20.3 Å². The first-order valence-electron chi connectivity index (χ1n) is 4.57. The summed E-state index contributed by atoms with van der Waals surface area (Å²) in [5.41, 5.74) is 0.263. The van der Waals surface area contributed by atoms with E-state index < -0.39 is 12.2 Å². The third-order valence-corrected chi connectivity index (χ3v) is 2.25. The van der Waals surface area contributed by atoms with Crippen LogP contribution in [0.4, 0.5) is 5.69 Å². The van der Waals surface area contributed by atoms with Gasteiger partial charge in [-0.2, -0.15) is 5.06 Å². The van der Waals surface area contributed by atoms with Crippen LogP contribution in [0.25, 0.3) is 0 Å². The highest BCUT2D eigenvalue weighted by Gasteiger charge is 2.34. The summed E-state index contributed by atoms with van der Waals surface area (Å²) in [4.78, 5) is 11.5. The number of rotatable bonds is 2. The van der Waals surface area contributed by atoms with Crippen molar-refractivity contribution in [3.8, 4) is 11.5 Å². The number of hydrogen-bond donors (Lipinski definition) is 1. The highest BCUT2D eigenvalue weighted by molar-refractivity contribution is 5.97. The Morgan fingerprint density at radius 2 is 2.19 bits per heavy atom. The first-order chi connectivity index (χ1) is 7.67. The van der Waals surface area contributed by atoms with Gasteiger partial charge in [0.05, 0.1) is 7.11 Å². The molecular weight excluding hydrogens is 214 g/mol. The largest absolute Gasteiger partial charge is 0.497 e. The predicted octanol–water partition coefficient (Wildman–Crippen LogP) is 0.782. The molecule has 0 spiro atoms. The molecule has 1 atom stereocenters. The lowest BCUT2D eigenvalue weighted by molar-refractivity contribution is -0.153. The van der Waals surface area contributed by atoms with Crippen LogP contribution in [0.1, 0.15) is 0 Å². The lowest BCUT2D eigenvalue weighted by Gasteiger charge is -2.29. The SMILES string of the molecule is COc1ccc2c(c1)O[C@H](OC)C(=O)N2O. The second-order valence-electron chi connectivity index (χ2n) is 3.17. The Balaban J connectivity index is 2.42. The zero-order valence-electron chi connectivity index (χ0n) is 8.84. The lowest BCUT2D eigenvalue weighted by atomic mass is 10.2. The Bertz CT molecular complexity index is 420. The van der Waals surface area contributed by atoms with Crippen molar-refractivity contribution >= 4 is 11.6 Å². The Morgan fingerprint density at radius 3 is 2.81 bits per heavy atom. The maximum Gasteiger partial charge on any atom is 0.320 e. The smallest absolute Gasteiger partial charge is 0.320 e. The van der Waals surface area contributed by atoms with Crippen molar-refractivity contribution in [2.24, 2.45) is 0 Å². The molecule has 0 bridgehead atoms. The van der Waals surface area contributed by atoms with Gasteiger partial charge >= 0.3 is 5.91 Å². The summed E-state index contributed by atoms with van der Waals surface area (Å²) in [7, 11) is 2.84. The maximum absolute atomic E-state index is 11.5. The van der Waals surface area contributed by atoms with Gasteiger partial charge in [0.2, 0.25) is 0 Å². The number of nitrogens with zero attached hydrogens (tertiary/aromatic N) is 1. The average Bonchev–Trinajstić information content (AvgIpc) is 2.33. The summed E-state index contributed by atoms with van der Waals surface area (Å²) in [5, 5.41) is 10.1. The van der Waals surface area contributed by atoms with Gasteiger partial charge < -0.3 is 14.2 Å². The molecule has 0 saturated carbocycles. The predicted molar refractivity (Wildman–Crippen MR) is 53.7 cm³/mol. The van der Waals surface area contributed by atoms with Gasteiger partial charge in [-0.15, -0.1) is 0 Å². The number of hydroxylamine groups is 1. The molecule has 1 N–H and O–H groups in total. The van der Waals surface area contributed by atoms with Crippen LogP contribution in [-0.4, -0.2) is 31.6 Å². The van der Waals surface area contributed by atoms with E-state index in [1.807, 2.05) is 0 Å². The van der Waals surface area contributed by atoms with Gasteiger partial charge in [0, 0.05) is 13.2 Å². The fourth-order valence-electron chi connectivity index (χ4n) is 1.42. The van der Waals surface area contributed by atoms with Gasteiger partial charge in [-0.05, 0) is 12.1 Å². The van der Waals surface area contributed by atoms with E-state index in [4.69, 9.17) is 14.2 Å². The normalized spacial score (nSPS) is 19.1. The molecule has 16 heavy (non-hydrogen) atoms. The molecule has 1 aromatic carbocycles. The third kappa shape index (κ3) is 1.58. The monoisotopic (exact) mass is 225 g/mol. The number of ether oxygens (including phenoxy) is 3. The van der Waals surface area contributed by atoms with Crippen LogP contribution >= 0.6 is 0 Å². The maximum atomic E-state index is 11.5. The molecule has 0 aliphatic carbocycles. The third-order valence-electron chi connectivity index (χ3n) is 2.25. The molecule has 0 aromatic heterocycles. The fraction of sp³-hybridized carbons (Fsp3) is 0.300. The molecular formula is C10H11NO5. The number of methoxy groups -OCH3 is 2. The standard InChI is InChI=1S/C10H11NO5/c1-14-6-3-4-7-8(5-6)16-10(15-2)9(12)11(7)13/h3-5,10,13H,1-2H3/t10-/m0/s1. The average molecular weight is 225 g/mol. The van der Waals surface area contributed by atoms with Gasteiger partial charge in [0.25, 0.3) is 6.29 Å². The van der Waals surface area contributed by atoms with Crippen molar-refractivity contribution < 1.29 is 24.2 Å². The van der Waals surface area contributed by atoms with E-state index in [0.29, 0.717) is 16.6 Å². The van der Waals surface area contributed by atoms with Gasteiger partial charge in [-0.3, -0.25) is 10.0 Å². The highest BCUT2D eigenvalue weighted by Crippen LogP contribution is 2.35. The Hall–Kier alpha value is -1.79. The minimum Gasteiger partial charge on any atom is -0.497 e. The summed E-state index contributed by atoms with van der Waals surface area (Å²) >= 11 is 0. The lowest BCUT2D eigenvalue weighted by Crippen LogP contribution is -2.45. The molecule has 0 fully saturated rings. The summed E-state index contributed by atoms with van der Waals surface area (Å²) in [6.45, 7) is 0. The van der Waals surface area contributed by atoms with Gasteiger partial charge in [0.15, 0.2) is 5.75 Å². The van der Waals surface area contributed by atoms with E-state index in [1.54, 1.807) is 12.1 Å². The summed E-state index contributed by atoms with van der Waals surface area (Å²) in [5.74, 6) is 0.227. The minimum absolute atomic E-state index is 0.263. The molecule has 86 valence electrons. The Labute approximate surface area is 91.9 Å². The number of benzene rings is 1. The van der Waals surface area contributed by atoms with E-state index in [2.05, 4.69) is 0 Å². The number of hydrogen-bond acceptors (Lipinski definition) is 5. The number of amides is 1. The van der Waals surface area contributed by atoms with Crippen molar-refractivity contribution in [2.75, 3.05) is 19.3 Å². The molecule has 6 heteroatoms. The van der Waals surface area contributed by atoms with Crippen LogP contribution in [0.5, 0.6) is 11.5 Å². The number of anilines is 1. The van der Waals surface area contributed by atoms with Crippen molar-refractivity contribution in [2.45, 2.75) is 6.29 Å². The van der Waals surface area contributed by atoms with Crippen LogP contribution in [0.3, 0.4) is 0 Å². The molecule has 1 aliphatic rings. The van der Waals surface area contributed by atoms with Gasteiger partial charge in [-0.25, -0.2) is 0 Å². The van der Waals surface area contributed by atoms with E-state index in [-0.39, 0.29) is 5.69 Å². The quantitative estimate of drug-likeness (QED) is 0.753. The molecule has 6 nitrogen and oxygen atoms in total. The van der Waals surface area contributed by atoms with Gasteiger partial charge in [0.1, 0.15) is 11.4 Å². The molecule has 1 aliphatic heterocycles. The van der Waals surface area contributed by atoms with E-state index in [9.17, 15) is 10.0 Å².